The molecule has 1 N–H and O–H groups in total. The average molecular weight is 545 g/mol. The van der Waals surface area contributed by atoms with Gasteiger partial charge in [-0.2, -0.15) is 0 Å². The van der Waals surface area contributed by atoms with Crippen molar-refractivity contribution in [3.05, 3.63) is 74.8 Å². The number of hydrogen-bond donors (Lipinski definition) is 1. The molecule has 2 heterocycles. The lowest BCUT2D eigenvalue weighted by molar-refractivity contribution is 0.169. The summed E-state index contributed by atoms with van der Waals surface area (Å²) in [7, 11) is 3.29. The monoisotopic (exact) mass is 544 g/mol. The second-order valence-corrected chi connectivity index (χ2v) is 10.9. The number of aryl methyl sites for hydroxylation is 2. The van der Waals surface area contributed by atoms with Crippen molar-refractivity contribution in [2.45, 2.75) is 77.9 Å². The van der Waals surface area contributed by atoms with Gasteiger partial charge in [-0.1, -0.05) is 25.8 Å². The van der Waals surface area contributed by atoms with E-state index >= 15 is 0 Å². The first-order valence-corrected chi connectivity index (χ1v) is 14.3. The minimum Gasteiger partial charge on any atom is -0.493 e. The van der Waals surface area contributed by atoms with Crippen molar-refractivity contribution >= 4 is 10.9 Å². The molecule has 1 aliphatic carbocycles. The van der Waals surface area contributed by atoms with Crippen LogP contribution >= 0.6 is 0 Å². The minimum atomic E-state index is -0.0582. The fourth-order valence-electron chi connectivity index (χ4n) is 5.95. The number of aromatic nitrogens is 5. The molecule has 2 aromatic carbocycles. The van der Waals surface area contributed by atoms with Gasteiger partial charge >= 0.3 is 0 Å². The molecule has 0 spiro atoms. The van der Waals surface area contributed by atoms with E-state index in [0.29, 0.717) is 24.1 Å². The van der Waals surface area contributed by atoms with E-state index in [2.05, 4.69) is 64.4 Å². The molecule has 40 heavy (non-hydrogen) atoms. The van der Waals surface area contributed by atoms with Crippen LogP contribution in [0.5, 0.6) is 11.5 Å². The number of ether oxygens (including phenoxy) is 2. The standard InChI is InChI=1S/C31H40N6O3/c1-6-27(30-33-34-35-37(30)25-9-7-8-10-25)36(14-13-22-11-12-28(39-4)29(17-22)40-5)19-24-18-23-15-20(2)21(3)16-26(23)32-31(24)38/h11-12,15-18,25,27H,6-10,13-14,19H2,1-5H3,(H,32,38). The van der Waals surface area contributed by atoms with Crippen LogP contribution in [0.4, 0.5) is 0 Å². The number of benzene rings is 2. The van der Waals surface area contributed by atoms with E-state index in [1.165, 1.54) is 18.4 Å². The molecule has 212 valence electrons. The molecule has 0 amide bonds. The molecule has 0 bridgehead atoms. The SMILES string of the molecule is CCC(c1nnnn1C1CCCC1)N(CCc1ccc(OC)c(OC)c1)Cc1cc2cc(C)c(C)cc2[nH]c1=O. The number of H-pyrrole nitrogens is 1. The maximum absolute atomic E-state index is 13.3. The Morgan fingerprint density at radius 3 is 2.52 bits per heavy atom. The highest BCUT2D eigenvalue weighted by molar-refractivity contribution is 5.80. The third-order valence-electron chi connectivity index (χ3n) is 8.36. The molecule has 1 aliphatic rings. The fourth-order valence-corrected chi connectivity index (χ4v) is 5.95. The normalized spacial score (nSPS) is 14.8. The lowest BCUT2D eigenvalue weighted by atomic mass is 10.0. The van der Waals surface area contributed by atoms with Crippen LogP contribution in [0.25, 0.3) is 10.9 Å². The van der Waals surface area contributed by atoms with E-state index in [0.717, 1.165) is 65.6 Å². The maximum atomic E-state index is 13.3. The number of fused-ring (bicyclic) bond motifs is 1. The van der Waals surface area contributed by atoms with Gasteiger partial charge in [-0.15, -0.1) is 5.10 Å². The zero-order valence-corrected chi connectivity index (χ0v) is 24.2. The van der Waals surface area contributed by atoms with Crippen LogP contribution in [0.3, 0.4) is 0 Å². The van der Waals surface area contributed by atoms with E-state index in [9.17, 15) is 4.79 Å². The van der Waals surface area contributed by atoms with E-state index in [1.807, 2.05) is 22.9 Å². The van der Waals surface area contributed by atoms with Crippen LogP contribution in [-0.2, 0) is 13.0 Å². The van der Waals surface area contributed by atoms with Gasteiger partial charge in [0, 0.05) is 24.2 Å². The van der Waals surface area contributed by atoms with Crippen molar-refractivity contribution in [3.8, 4) is 11.5 Å². The summed E-state index contributed by atoms with van der Waals surface area (Å²) in [6.07, 6.45) is 6.20. The van der Waals surface area contributed by atoms with Crippen LogP contribution in [0.15, 0.2) is 41.2 Å². The highest BCUT2D eigenvalue weighted by atomic mass is 16.5. The molecule has 0 aliphatic heterocycles. The number of tetrazole rings is 1. The van der Waals surface area contributed by atoms with E-state index in [1.54, 1.807) is 14.2 Å². The molecule has 1 fully saturated rings. The smallest absolute Gasteiger partial charge is 0.252 e. The molecule has 9 nitrogen and oxygen atoms in total. The summed E-state index contributed by atoms with van der Waals surface area (Å²) >= 11 is 0. The van der Waals surface area contributed by atoms with E-state index in [4.69, 9.17) is 9.47 Å². The summed E-state index contributed by atoms with van der Waals surface area (Å²) in [5.74, 6) is 2.30. The van der Waals surface area contributed by atoms with Gasteiger partial charge in [0.25, 0.3) is 5.56 Å². The molecule has 1 saturated carbocycles. The first-order valence-electron chi connectivity index (χ1n) is 14.3. The lowest BCUT2D eigenvalue weighted by Gasteiger charge is -2.31. The zero-order valence-electron chi connectivity index (χ0n) is 24.2. The number of hydrogen-bond acceptors (Lipinski definition) is 7. The van der Waals surface area contributed by atoms with Gasteiger partial charge < -0.3 is 14.5 Å². The van der Waals surface area contributed by atoms with Gasteiger partial charge in [0.2, 0.25) is 0 Å². The first-order chi connectivity index (χ1) is 19.4. The quantitative estimate of drug-likeness (QED) is 0.268. The number of nitrogens with zero attached hydrogens (tertiary/aromatic N) is 5. The van der Waals surface area contributed by atoms with Gasteiger partial charge in [0.05, 0.1) is 26.3 Å². The first kappa shape index (κ1) is 27.8. The predicted molar refractivity (Wildman–Crippen MR) is 156 cm³/mol. The molecule has 5 rings (SSSR count). The fraction of sp³-hybridized carbons (Fsp3) is 0.484. The van der Waals surface area contributed by atoms with E-state index in [-0.39, 0.29) is 11.6 Å². The number of aromatic amines is 1. The summed E-state index contributed by atoms with van der Waals surface area (Å²) in [4.78, 5) is 18.8. The maximum Gasteiger partial charge on any atom is 0.252 e. The summed E-state index contributed by atoms with van der Waals surface area (Å²) in [6, 6.07) is 12.6. The van der Waals surface area contributed by atoms with Gasteiger partial charge in [0.15, 0.2) is 17.3 Å². The molecule has 1 atom stereocenters. The van der Waals surface area contributed by atoms with Crippen LogP contribution in [0.1, 0.15) is 79.2 Å². The Kier molecular flexibility index (Phi) is 8.49. The van der Waals surface area contributed by atoms with Crippen molar-refractivity contribution in [2.75, 3.05) is 20.8 Å². The van der Waals surface area contributed by atoms with Crippen molar-refractivity contribution < 1.29 is 9.47 Å². The zero-order chi connectivity index (χ0) is 28.2. The second-order valence-electron chi connectivity index (χ2n) is 10.9. The van der Waals surface area contributed by atoms with Crippen molar-refractivity contribution in [2.24, 2.45) is 0 Å². The summed E-state index contributed by atoms with van der Waals surface area (Å²) in [5, 5.41) is 14.1. The predicted octanol–water partition coefficient (Wildman–Crippen LogP) is 5.46. The summed E-state index contributed by atoms with van der Waals surface area (Å²) < 4.78 is 13.0. The average Bonchev–Trinajstić information content (AvgIpc) is 3.66. The molecule has 0 saturated heterocycles. The van der Waals surface area contributed by atoms with Crippen LogP contribution < -0.4 is 15.0 Å². The minimum absolute atomic E-state index is 0.0365. The highest BCUT2D eigenvalue weighted by Crippen LogP contribution is 2.33. The third-order valence-corrected chi connectivity index (χ3v) is 8.36. The lowest BCUT2D eigenvalue weighted by Crippen LogP contribution is -2.34. The van der Waals surface area contributed by atoms with Crippen LogP contribution in [-0.4, -0.2) is 50.9 Å². The molecule has 4 aromatic rings. The van der Waals surface area contributed by atoms with Gasteiger partial charge in [-0.25, -0.2) is 4.68 Å². The summed E-state index contributed by atoms with van der Waals surface area (Å²) in [6.45, 7) is 7.54. The Hall–Kier alpha value is -3.72. The molecule has 9 heteroatoms. The van der Waals surface area contributed by atoms with Crippen molar-refractivity contribution in [1.82, 2.24) is 30.1 Å². The van der Waals surface area contributed by atoms with Crippen molar-refractivity contribution in [3.63, 3.8) is 0 Å². The number of rotatable bonds is 11. The Bertz CT molecular complexity index is 1520. The Balaban J connectivity index is 1.50. The van der Waals surface area contributed by atoms with E-state index < -0.39 is 0 Å². The Labute approximate surface area is 235 Å². The largest absolute Gasteiger partial charge is 0.493 e. The Morgan fingerprint density at radius 2 is 1.80 bits per heavy atom. The number of pyridine rings is 1. The molecule has 1 unspecified atom stereocenters. The van der Waals surface area contributed by atoms with Crippen LogP contribution in [0.2, 0.25) is 0 Å². The number of methoxy groups -OCH3 is 2. The highest BCUT2D eigenvalue weighted by Gasteiger charge is 2.29. The summed E-state index contributed by atoms with van der Waals surface area (Å²) in [5.41, 5.74) is 5.05. The van der Waals surface area contributed by atoms with Crippen molar-refractivity contribution in [1.29, 1.82) is 0 Å². The topological polar surface area (TPSA) is 98.2 Å². The van der Waals surface area contributed by atoms with Gasteiger partial charge in [0.1, 0.15) is 0 Å². The molecule has 0 radical (unpaired) electrons. The third kappa shape index (κ3) is 5.75. The molecular formula is C31H40N6O3. The molecule has 2 aromatic heterocycles. The molecular weight excluding hydrogens is 504 g/mol. The number of nitrogens with one attached hydrogen (secondary N) is 1. The van der Waals surface area contributed by atoms with Crippen LogP contribution in [0, 0.1) is 13.8 Å². The second kappa shape index (κ2) is 12.2. The van der Waals surface area contributed by atoms with Gasteiger partial charge in [-0.05, 0) is 102 Å². The Morgan fingerprint density at radius 1 is 1.05 bits per heavy atom. The van der Waals surface area contributed by atoms with Gasteiger partial charge in [-0.3, -0.25) is 9.69 Å².